The van der Waals surface area contributed by atoms with Gasteiger partial charge in [0.25, 0.3) is 15.7 Å². The van der Waals surface area contributed by atoms with E-state index in [1.165, 1.54) is 12.1 Å². The molecular formula is C11H11N7O4S. The van der Waals surface area contributed by atoms with E-state index >= 15 is 0 Å². The minimum Gasteiger partial charge on any atom is -0.329 e. The highest BCUT2D eigenvalue weighted by atomic mass is 32.2. The van der Waals surface area contributed by atoms with Crippen LogP contribution < -0.4 is 10.5 Å². The number of nitrogens with zero attached hydrogens (tertiary/aromatic N) is 5. The molecule has 120 valence electrons. The van der Waals surface area contributed by atoms with E-state index in [4.69, 9.17) is 11.0 Å². The van der Waals surface area contributed by atoms with Gasteiger partial charge in [-0.25, -0.2) is 13.1 Å². The molecule has 12 heteroatoms. The van der Waals surface area contributed by atoms with Gasteiger partial charge in [0.15, 0.2) is 10.7 Å². The molecule has 2 aromatic rings. The number of para-hydroxylation sites is 1. The lowest BCUT2D eigenvalue weighted by atomic mass is 10.3. The molecule has 0 bridgehead atoms. The fourth-order valence-electron chi connectivity index (χ4n) is 1.79. The zero-order valence-corrected chi connectivity index (χ0v) is 12.4. The third-order valence-corrected chi connectivity index (χ3v) is 4.15. The van der Waals surface area contributed by atoms with Gasteiger partial charge in [0, 0.05) is 12.6 Å². The van der Waals surface area contributed by atoms with Crippen LogP contribution in [0.25, 0.3) is 0 Å². The maximum Gasteiger partial charge on any atom is 0.289 e. The number of nitro benzene ring substituents is 1. The summed E-state index contributed by atoms with van der Waals surface area (Å²) in [5, 5.41) is 27.1. The lowest BCUT2D eigenvalue weighted by Crippen LogP contribution is -2.20. The molecule has 3 N–H and O–H groups in total. The number of aromatic nitrogens is 3. The van der Waals surface area contributed by atoms with Gasteiger partial charge in [-0.05, 0) is 6.07 Å². The summed E-state index contributed by atoms with van der Waals surface area (Å²) in [6.07, 6.45) is 0. The van der Waals surface area contributed by atoms with Gasteiger partial charge in [-0.15, -0.1) is 5.10 Å². The number of sulfonamides is 1. The highest BCUT2D eigenvalue weighted by Gasteiger charge is 2.27. The number of nitrogens with two attached hydrogens (primary N) is 1. The fraction of sp³-hybridized carbons (Fsp3) is 0.182. The van der Waals surface area contributed by atoms with Gasteiger partial charge in [-0.1, -0.05) is 17.3 Å². The third-order valence-electron chi connectivity index (χ3n) is 2.76. The van der Waals surface area contributed by atoms with Crippen molar-refractivity contribution < 1.29 is 13.3 Å². The Balaban J connectivity index is 2.50. The number of nitrogens with one attached hydrogen (secondary N) is 1. The Morgan fingerprint density at radius 1 is 1.43 bits per heavy atom. The van der Waals surface area contributed by atoms with Crippen molar-refractivity contribution in [3.8, 4) is 6.07 Å². The van der Waals surface area contributed by atoms with E-state index in [0.717, 1.165) is 16.8 Å². The lowest BCUT2D eigenvalue weighted by molar-refractivity contribution is -0.387. The van der Waals surface area contributed by atoms with Crippen LogP contribution in [0, 0.1) is 21.4 Å². The highest BCUT2D eigenvalue weighted by molar-refractivity contribution is 7.92. The predicted molar refractivity (Wildman–Crippen MR) is 77.7 cm³/mol. The molecule has 1 heterocycles. The second kappa shape index (κ2) is 6.38. The molecule has 0 saturated carbocycles. The van der Waals surface area contributed by atoms with E-state index in [9.17, 15) is 18.5 Å². The summed E-state index contributed by atoms with van der Waals surface area (Å²) in [5.41, 5.74) is 4.53. The summed E-state index contributed by atoms with van der Waals surface area (Å²) in [7, 11) is -4.32. The summed E-state index contributed by atoms with van der Waals surface area (Å²) in [6, 6.07) is 6.54. The first-order valence-electron chi connectivity index (χ1n) is 6.20. The van der Waals surface area contributed by atoms with Crippen LogP contribution in [0.5, 0.6) is 0 Å². The number of hydrogen-bond acceptors (Lipinski definition) is 8. The van der Waals surface area contributed by atoms with E-state index in [2.05, 4.69) is 15.0 Å². The molecule has 0 amide bonds. The molecule has 0 spiro atoms. The molecule has 0 unspecified atom stereocenters. The van der Waals surface area contributed by atoms with Gasteiger partial charge in [-0.3, -0.25) is 14.8 Å². The molecule has 23 heavy (non-hydrogen) atoms. The van der Waals surface area contributed by atoms with Crippen molar-refractivity contribution >= 4 is 21.5 Å². The Bertz CT molecular complexity index is 884. The van der Waals surface area contributed by atoms with Gasteiger partial charge in [0.1, 0.15) is 6.07 Å². The van der Waals surface area contributed by atoms with Crippen LogP contribution in [0.4, 0.5) is 11.5 Å². The average molecular weight is 337 g/mol. The molecule has 0 saturated heterocycles. The fourth-order valence-corrected chi connectivity index (χ4v) is 3.03. The van der Waals surface area contributed by atoms with Crippen molar-refractivity contribution in [2.24, 2.45) is 5.73 Å². The minimum atomic E-state index is -4.32. The van der Waals surface area contributed by atoms with Gasteiger partial charge in [0.2, 0.25) is 5.69 Å². The Hall–Kier alpha value is -3.04. The molecular weight excluding hydrogens is 326 g/mol. The quantitative estimate of drug-likeness (QED) is 0.539. The van der Waals surface area contributed by atoms with Crippen molar-refractivity contribution in [3.05, 3.63) is 40.1 Å². The molecule has 11 nitrogen and oxygen atoms in total. The van der Waals surface area contributed by atoms with Crippen molar-refractivity contribution in [1.82, 2.24) is 15.0 Å². The van der Waals surface area contributed by atoms with Crippen LogP contribution >= 0.6 is 0 Å². The monoisotopic (exact) mass is 337 g/mol. The SMILES string of the molecule is N#Cc1nnn(CCN)c1NS(=O)(=O)c1ccccc1[N+](=O)[O-]. The van der Waals surface area contributed by atoms with E-state index in [1.54, 1.807) is 6.07 Å². The van der Waals surface area contributed by atoms with E-state index in [0.29, 0.717) is 0 Å². The van der Waals surface area contributed by atoms with Crippen molar-refractivity contribution in [3.63, 3.8) is 0 Å². The normalized spacial score (nSPS) is 11.0. The Kier molecular flexibility index (Phi) is 4.53. The second-order valence-electron chi connectivity index (χ2n) is 4.24. The average Bonchev–Trinajstić information content (AvgIpc) is 2.89. The zero-order chi connectivity index (χ0) is 17.0. The first-order valence-corrected chi connectivity index (χ1v) is 7.69. The maximum atomic E-state index is 12.4. The van der Waals surface area contributed by atoms with Crippen LogP contribution in [0.3, 0.4) is 0 Å². The lowest BCUT2D eigenvalue weighted by Gasteiger charge is -2.09. The van der Waals surface area contributed by atoms with Gasteiger partial charge in [-0.2, -0.15) is 5.26 Å². The Morgan fingerprint density at radius 2 is 2.13 bits per heavy atom. The molecule has 0 atom stereocenters. The zero-order valence-electron chi connectivity index (χ0n) is 11.6. The van der Waals surface area contributed by atoms with Crippen LogP contribution in [-0.2, 0) is 16.6 Å². The first-order chi connectivity index (χ1) is 10.9. The predicted octanol–water partition coefficient (Wildman–Crippen LogP) is -0.183. The standard InChI is InChI=1S/C11H11N7O4S/c12-5-6-17-11(8(7-13)14-16-17)15-23(21,22)10-4-2-1-3-9(10)18(19)20/h1-4,15H,5-6,12H2. The molecule has 0 aliphatic heterocycles. The topological polar surface area (TPSA) is 170 Å². The molecule has 1 aromatic heterocycles. The number of hydrogen-bond donors (Lipinski definition) is 2. The summed E-state index contributed by atoms with van der Waals surface area (Å²) in [6.45, 7) is 0.248. The molecule has 0 radical (unpaired) electrons. The molecule has 0 fully saturated rings. The molecule has 2 rings (SSSR count). The largest absolute Gasteiger partial charge is 0.329 e. The minimum absolute atomic E-state index is 0.115. The van der Waals surface area contributed by atoms with Crippen LogP contribution in [0.2, 0.25) is 0 Å². The van der Waals surface area contributed by atoms with Gasteiger partial charge in [0.05, 0.1) is 11.5 Å². The smallest absolute Gasteiger partial charge is 0.289 e. The number of benzene rings is 1. The second-order valence-corrected chi connectivity index (χ2v) is 5.89. The van der Waals surface area contributed by atoms with Gasteiger partial charge < -0.3 is 5.73 Å². The molecule has 0 aliphatic carbocycles. The molecule has 1 aromatic carbocycles. The van der Waals surface area contributed by atoms with Gasteiger partial charge >= 0.3 is 0 Å². The number of anilines is 1. The van der Waals surface area contributed by atoms with Crippen molar-refractivity contribution in [1.29, 1.82) is 5.26 Å². The number of nitriles is 1. The Morgan fingerprint density at radius 3 is 2.74 bits per heavy atom. The maximum absolute atomic E-state index is 12.4. The van der Waals surface area contributed by atoms with Crippen LogP contribution in [-0.4, -0.2) is 34.9 Å². The van der Waals surface area contributed by atoms with Crippen molar-refractivity contribution in [2.45, 2.75) is 11.4 Å². The summed E-state index contributed by atoms with van der Waals surface area (Å²) in [5.74, 6) is -0.198. The Labute approximate surface area is 130 Å². The highest BCUT2D eigenvalue weighted by Crippen LogP contribution is 2.25. The number of nitro groups is 1. The van der Waals surface area contributed by atoms with E-state index < -0.39 is 25.5 Å². The molecule has 0 aliphatic rings. The summed E-state index contributed by atoms with van der Waals surface area (Å²) in [4.78, 5) is 9.63. The van der Waals surface area contributed by atoms with Crippen molar-refractivity contribution in [2.75, 3.05) is 11.3 Å². The van der Waals surface area contributed by atoms with E-state index in [1.807, 2.05) is 0 Å². The first kappa shape index (κ1) is 16.3. The third kappa shape index (κ3) is 3.25. The summed E-state index contributed by atoms with van der Waals surface area (Å²) < 4.78 is 28.1. The van der Waals surface area contributed by atoms with E-state index in [-0.39, 0.29) is 24.6 Å². The number of rotatable bonds is 6. The summed E-state index contributed by atoms with van der Waals surface area (Å²) >= 11 is 0. The van der Waals surface area contributed by atoms with Crippen LogP contribution in [0.1, 0.15) is 5.69 Å². The van der Waals surface area contributed by atoms with Crippen LogP contribution in [0.15, 0.2) is 29.2 Å².